The summed E-state index contributed by atoms with van der Waals surface area (Å²) in [7, 11) is 1.70. The Morgan fingerprint density at radius 2 is 2.18 bits per heavy atom. The van der Waals surface area contributed by atoms with Gasteiger partial charge in [-0.3, -0.25) is 0 Å². The normalized spacial score (nSPS) is 23.8. The van der Waals surface area contributed by atoms with Crippen molar-refractivity contribution in [3.8, 4) is 0 Å². The fraction of sp³-hybridized carbons (Fsp3) is 1.00. The molecule has 0 aromatic carbocycles. The summed E-state index contributed by atoms with van der Waals surface area (Å²) in [5.41, 5.74) is 5.97. The van der Waals surface area contributed by atoms with Crippen molar-refractivity contribution in [3.05, 3.63) is 0 Å². The molecular weight excluding hydrogens is 216 g/mol. The van der Waals surface area contributed by atoms with Gasteiger partial charge in [0.15, 0.2) is 0 Å². The van der Waals surface area contributed by atoms with Crippen LogP contribution in [-0.2, 0) is 9.47 Å². The van der Waals surface area contributed by atoms with Crippen LogP contribution in [-0.4, -0.2) is 57.5 Å². The number of likely N-dealkylation sites (tertiary alicyclic amines) is 1. The third-order valence-electron chi connectivity index (χ3n) is 3.48. The molecule has 1 aliphatic rings. The fourth-order valence-electron chi connectivity index (χ4n) is 2.36. The minimum absolute atomic E-state index is 0.329. The van der Waals surface area contributed by atoms with Crippen LogP contribution in [0, 0.1) is 5.92 Å². The molecule has 1 saturated heterocycles. The molecule has 2 unspecified atom stereocenters. The molecule has 1 fully saturated rings. The molecule has 4 heteroatoms. The van der Waals surface area contributed by atoms with E-state index < -0.39 is 0 Å². The molecule has 1 rings (SSSR count). The highest BCUT2D eigenvalue weighted by Gasteiger charge is 2.21. The first-order valence-corrected chi connectivity index (χ1v) is 6.78. The highest BCUT2D eigenvalue weighted by Crippen LogP contribution is 2.18. The van der Waals surface area contributed by atoms with Crippen molar-refractivity contribution in [3.63, 3.8) is 0 Å². The van der Waals surface area contributed by atoms with E-state index in [0.717, 1.165) is 26.1 Å². The van der Waals surface area contributed by atoms with Gasteiger partial charge in [-0.2, -0.15) is 0 Å². The zero-order valence-corrected chi connectivity index (χ0v) is 11.4. The van der Waals surface area contributed by atoms with Crippen LogP contribution < -0.4 is 5.73 Å². The minimum atomic E-state index is 0.329. The van der Waals surface area contributed by atoms with E-state index in [4.69, 9.17) is 15.2 Å². The lowest BCUT2D eigenvalue weighted by molar-refractivity contribution is 0.0618. The lowest BCUT2D eigenvalue weighted by atomic mass is 9.92. The molecule has 17 heavy (non-hydrogen) atoms. The van der Waals surface area contributed by atoms with E-state index in [9.17, 15) is 0 Å². The smallest absolute Gasteiger partial charge is 0.0700 e. The van der Waals surface area contributed by atoms with Crippen LogP contribution in [0.15, 0.2) is 0 Å². The summed E-state index contributed by atoms with van der Waals surface area (Å²) in [5, 5.41) is 0. The van der Waals surface area contributed by atoms with Crippen LogP contribution in [0.4, 0.5) is 0 Å². The maximum absolute atomic E-state index is 5.97. The molecule has 2 atom stereocenters. The second-order valence-electron chi connectivity index (χ2n) is 5.02. The highest BCUT2D eigenvalue weighted by molar-refractivity contribution is 4.78. The van der Waals surface area contributed by atoms with Gasteiger partial charge in [0.05, 0.1) is 13.2 Å². The lowest BCUT2D eigenvalue weighted by Gasteiger charge is -2.34. The van der Waals surface area contributed by atoms with E-state index in [2.05, 4.69) is 11.8 Å². The Hall–Kier alpha value is -0.160. The van der Waals surface area contributed by atoms with Gasteiger partial charge < -0.3 is 20.1 Å². The monoisotopic (exact) mass is 244 g/mol. The SMILES string of the molecule is COCCOCCCN1CCCC(C(C)N)C1. The van der Waals surface area contributed by atoms with Crippen molar-refractivity contribution in [2.24, 2.45) is 11.7 Å². The van der Waals surface area contributed by atoms with Crippen LogP contribution in [0.5, 0.6) is 0 Å². The summed E-state index contributed by atoms with van der Waals surface area (Å²) < 4.78 is 10.4. The first-order chi connectivity index (χ1) is 8.24. The molecule has 0 radical (unpaired) electrons. The fourth-order valence-corrected chi connectivity index (χ4v) is 2.36. The second-order valence-corrected chi connectivity index (χ2v) is 5.02. The average molecular weight is 244 g/mol. The third-order valence-corrected chi connectivity index (χ3v) is 3.48. The Morgan fingerprint density at radius 1 is 1.35 bits per heavy atom. The van der Waals surface area contributed by atoms with Gasteiger partial charge in [0.1, 0.15) is 0 Å². The number of ether oxygens (including phenoxy) is 2. The van der Waals surface area contributed by atoms with Crippen molar-refractivity contribution in [2.75, 3.05) is 46.6 Å². The Bertz CT molecular complexity index is 188. The van der Waals surface area contributed by atoms with Crippen LogP contribution in [0.1, 0.15) is 26.2 Å². The second kappa shape index (κ2) is 8.86. The quantitative estimate of drug-likeness (QED) is 0.650. The summed E-state index contributed by atoms with van der Waals surface area (Å²) in [6.45, 7) is 7.88. The van der Waals surface area contributed by atoms with Gasteiger partial charge in [-0.15, -0.1) is 0 Å². The topological polar surface area (TPSA) is 47.7 Å². The molecule has 0 bridgehead atoms. The molecule has 0 spiro atoms. The van der Waals surface area contributed by atoms with Crippen LogP contribution in [0.3, 0.4) is 0 Å². The number of rotatable bonds is 8. The van der Waals surface area contributed by atoms with Crippen molar-refractivity contribution in [2.45, 2.75) is 32.2 Å². The van der Waals surface area contributed by atoms with Gasteiger partial charge in [-0.1, -0.05) is 0 Å². The largest absolute Gasteiger partial charge is 0.382 e. The number of nitrogens with zero attached hydrogens (tertiary/aromatic N) is 1. The number of methoxy groups -OCH3 is 1. The van der Waals surface area contributed by atoms with E-state index in [1.807, 2.05) is 0 Å². The molecule has 0 saturated carbocycles. The highest BCUT2D eigenvalue weighted by atomic mass is 16.5. The molecule has 2 N–H and O–H groups in total. The van der Waals surface area contributed by atoms with Crippen molar-refractivity contribution in [1.29, 1.82) is 0 Å². The number of hydrogen-bond acceptors (Lipinski definition) is 4. The Kier molecular flexibility index (Phi) is 7.77. The minimum Gasteiger partial charge on any atom is -0.382 e. The number of piperidine rings is 1. The van der Waals surface area contributed by atoms with Gasteiger partial charge >= 0.3 is 0 Å². The summed E-state index contributed by atoms with van der Waals surface area (Å²) in [5.74, 6) is 0.679. The molecule has 1 heterocycles. The van der Waals surface area contributed by atoms with Crippen molar-refractivity contribution >= 4 is 0 Å². The number of hydrogen-bond donors (Lipinski definition) is 1. The van der Waals surface area contributed by atoms with Crippen molar-refractivity contribution in [1.82, 2.24) is 4.90 Å². The molecule has 0 aromatic heterocycles. The van der Waals surface area contributed by atoms with E-state index in [0.29, 0.717) is 25.2 Å². The number of nitrogens with two attached hydrogens (primary N) is 1. The van der Waals surface area contributed by atoms with Gasteiger partial charge in [0, 0.05) is 32.8 Å². The molecule has 0 aromatic rings. The molecule has 102 valence electrons. The van der Waals surface area contributed by atoms with E-state index in [1.165, 1.54) is 19.4 Å². The molecule has 1 aliphatic heterocycles. The summed E-state index contributed by atoms with van der Waals surface area (Å²) in [6, 6.07) is 0.329. The Morgan fingerprint density at radius 3 is 2.88 bits per heavy atom. The van der Waals surface area contributed by atoms with Crippen LogP contribution in [0.2, 0.25) is 0 Å². The van der Waals surface area contributed by atoms with Crippen LogP contribution in [0.25, 0.3) is 0 Å². The summed E-state index contributed by atoms with van der Waals surface area (Å²) in [6.07, 6.45) is 3.69. The zero-order valence-electron chi connectivity index (χ0n) is 11.4. The van der Waals surface area contributed by atoms with Gasteiger partial charge in [-0.05, 0) is 38.6 Å². The maximum Gasteiger partial charge on any atom is 0.0700 e. The average Bonchev–Trinajstić information content (AvgIpc) is 2.34. The van der Waals surface area contributed by atoms with Gasteiger partial charge in [-0.25, -0.2) is 0 Å². The Labute approximate surface area is 105 Å². The molecule has 0 aliphatic carbocycles. The summed E-state index contributed by atoms with van der Waals surface area (Å²) in [4.78, 5) is 2.53. The molecule has 0 amide bonds. The van der Waals surface area contributed by atoms with E-state index in [1.54, 1.807) is 7.11 Å². The third kappa shape index (κ3) is 6.36. The van der Waals surface area contributed by atoms with Gasteiger partial charge in [0.25, 0.3) is 0 Å². The van der Waals surface area contributed by atoms with Gasteiger partial charge in [0.2, 0.25) is 0 Å². The zero-order chi connectivity index (χ0) is 12.5. The molecular formula is C13H28N2O2. The first kappa shape index (κ1) is 14.9. The Balaban J connectivity index is 2.02. The van der Waals surface area contributed by atoms with Crippen LogP contribution >= 0.6 is 0 Å². The van der Waals surface area contributed by atoms with E-state index >= 15 is 0 Å². The van der Waals surface area contributed by atoms with Crippen molar-refractivity contribution < 1.29 is 9.47 Å². The predicted molar refractivity (Wildman–Crippen MR) is 70.1 cm³/mol. The maximum atomic E-state index is 5.97. The lowest BCUT2D eigenvalue weighted by Crippen LogP contribution is -2.42. The first-order valence-electron chi connectivity index (χ1n) is 6.78. The predicted octanol–water partition coefficient (Wildman–Crippen LogP) is 1.10. The molecule has 4 nitrogen and oxygen atoms in total. The van der Waals surface area contributed by atoms with E-state index in [-0.39, 0.29) is 0 Å². The summed E-state index contributed by atoms with van der Waals surface area (Å²) >= 11 is 0. The standard InChI is InChI=1S/C13H28N2O2/c1-12(14)13-5-3-6-15(11-13)7-4-8-17-10-9-16-2/h12-13H,3-11,14H2,1-2H3.